The van der Waals surface area contributed by atoms with E-state index in [0.717, 1.165) is 0 Å². The van der Waals surface area contributed by atoms with E-state index in [0.29, 0.717) is 33.6 Å². The first-order valence-electron chi connectivity index (χ1n) is 9.62. The van der Waals surface area contributed by atoms with E-state index in [1.807, 2.05) is 0 Å². The summed E-state index contributed by atoms with van der Waals surface area (Å²) in [5.74, 6) is -0.0447. The van der Waals surface area contributed by atoms with Crippen LogP contribution in [0.15, 0.2) is 76.1 Å². The Kier molecular flexibility index (Phi) is 5.89. The zero-order valence-corrected chi connectivity index (χ0v) is 16.5. The van der Waals surface area contributed by atoms with Gasteiger partial charge in [0.05, 0.1) is 29.3 Å². The minimum atomic E-state index is -0.633. The standard InChI is InChI=1S/C23H19N3O5/c27-21(24-13-16-7-5-11-30-16)14-31-23(29)17-8-2-1-6-15(17)12-20-25-19-10-4-3-9-18(19)22(28)26-20/h1-11H,12-14H2,(H,24,27)(H,25,26,28). The Morgan fingerprint density at radius 1 is 1.03 bits per heavy atom. The smallest absolute Gasteiger partial charge is 0.338 e. The van der Waals surface area contributed by atoms with Gasteiger partial charge < -0.3 is 19.5 Å². The Hall–Kier alpha value is -4.20. The summed E-state index contributed by atoms with van der Waals surface area (Å²) >= 11 is 0. The van der Waals surface area contributed by atoms with Gasteiger partial charge in [0.1, 0.15) is 11.6 Å². The fourth-order valence-corrected chi connectivity index (χ4v) is 3.13. The summed E-state index contributed by atoms with van der Waals surface area (Å²) in [6.07, 6.45) is 1.74. The normalized spacial score (nSPS) is 10.7. The molecule has 31 heavy (non-hydrogen) atoms. The van der Waals surface area contributed by atoms with E-state index in [9.17, 15) is 14.4 Å². The van der Waals surface area contributed by atoms with E-state index in [1.54, 1.807) is 60.7 Å². The van der Waals surface area contributed by atoms with Crippen LogP contribution >= 0.6 is 0 Å². The van der Waals surface area contributed by atoms with Crippen molar-refractivity contribution in [3.8, 4) is 0 Å². The van der Waals surface area contributed by atoms with Gasteiger partial charge in [-0.15, -0.1) is 0 Å². The molecule has 8 heteroatoms. The van der Waals surface area contributed by atoms with Crippen molar-refractivity contribution in [2.45, 2.75) is 13.0 Å². The SMILES string of the molecule is O=C(COC(=O)c1ccccc1Cc1nc2ccccc2c(=O)[nH]1)NCc1ccco1. The van der Waals surface area contributed by atoms with E-state index in [2.05, 4.69) is 15.3 Å². The minimum absolute atomic E-state index is 0.209. The zero-order chi connectivity index (χ0) is 21.6. The summed E-state index contributed by atoms with van der Waals surface area (Å²) in [4.78, 5) is 44.0. The van der Waals surface area contributed by atoms with Gasteiger partial charge in [-0.2, -0.15) is 0 Å². The molecule has 0 spiro atoms. The molecule has 1 amide bonds. The predicted molar refractivity (Wildman–Crippen MR) is 112 cm³/mol. The zero-order valence-electron chi connectivity index (χ0n) is 16.5. The fraction of sp³-hybridized carbons (Fsp3) is 0.130. The van der Waals surface area contributed by atoms with Gasteiger partial charge in [0.2, 0.25) is 0 Å². The molecule has 0 saturated carbocycles. The third-order valence-electron chi connectivity index (χ3n) is 4.63. The lowest BCUT2D eigenvalue weighted by molar-refractivity contribution is -0.124. The Balaban J connectivity index is 1.44. The maximum absolute atomic E-state index is 12.6. The van der Waals surface area contributed by atoms with Gasteiger partial charge in [-0.1, -0.05) is 30.3 Å². The van der Waals surface area contributed by atoms with Crippen LogP contribution in [0.2, 0.25) is 0 Å². The van der Waals surface area contributed by atoms with Crippen LogP contribution in [0.3, 0.4) is 0 Å². The molecule has 2 N–H and O–H groups in total. The third kappa shape index (κ3) is 4.87. The second-order valence-corrected chi connectivity index (χ2v) is 6.80. The molecule has 0 atom stereocenters. The Labute approximate surface area is 176 Å². The molecule has 4 aromatic rings. The van der Waals surface area contributed by atoms with Crippen LogP contribution in [0.4, 0.5) is 0 Å². The van der Waals surface area contributed by atoms with E-state index in [1.165, 1.54) is 6.26 Å². The van der Waals surface area contributed by atoms with Crippen LogP contribution < -0.4 is 10.9 Å². The molecular formula is C23H19N3O5. The number of esters is 1. The minimum Gasteiger partial charge on any atom is -0.467 e. The average Bonchev–Trinajstić information content (AvgIpc) is 3.30. The number of amides is 1. The summed E-state index contributed by atoms with van der Waals surface area (Å²) in [5, 5.41) is 3.11. The largest absolute Gasteiger partial charge is 0.467 e. The number of nitrogens with one attached hydrogen (secondary N) is 2. The van der Waals surface area contributed by atoms with Crippen molar-refractivity contribution in [1.82, 2.24) is 15.3 Å². The summed E-state index contributed by atoms with van der Waals surface area (Å²) < 4.78 is 10.3. The predicted octanol–water partition coefficient (Wildman–Crippen LogP) is 2.58. The second kappa shape index (κ2) is 9.08. The van der Waals surface area contributed by atoms with E-state index in [-0.39, 0.29) is 18.5 Å². The molecular weight excluding hydrogens is 398 g/mol. The Morgan fingerprint density at radius 3 is 2.68 bits per heavy atom. The molecule has 8 nitrogen and oxygen atoms in total. The van der Waals surface area contributed by atoms with Gasteiger partial charge >= 0.3 is 5.97 Å². The number of carbonyl (C=O) groups is 2. The van der Waals surface area contributed by atoms with Gasteiger partial charge in [-0.05, 0) is 35.9 Å². The number of rotatable bonds is 7. The first-order valence-corrected chi connectivity index (χ1v) is 9.62. The first-order chi connectivity index (χ1) is 15.1. The molecule has 0 radical (unpaired) electrons. The molecule has 4 rings (SSSR count). The van der Waals surface area contributed by atoms with Crippen LogP contribution in [0.5, 0.6) is 0 Å². The number of para-hydroxylation sites is 1. The summed E-state index contributed by atoms with van der Waals surface area (Å²) in [6.45, 7) is -0.208. The Bertz CT molecular complexity index is 1280. The molecule has 2 aromatic carbocycles. The summed E-state index contributed by atoms with van der Waals surface area (Å²) in [6, 6.07) is 17.3. The lowest BCUT2D eigenvalue weighted by atomic mass is 10.0. The molecule has 0 aliphatic carbocycles. The van der Waals surface area contributed by atoms with Gasteiger partial charge in [0.15, 0.2) is 6.61 Å². The van der Waals surface area contributed by atoms with Crippen molar-refractivity contribution in [2.75, 3.05) is 6.61 Å². The Morgan fingerprint density at radius 2 is 1.84 bits per heavy atom. The van der Waals surface area contributed by atoms with Gasteiger partial charge in [-0.25, -0.2) is 9.78 Å². The van der Waals surface area contributed by atoms with Crippen molar-refractivity contribution >= 4 is 22.8 Å². The molecule has 2 aromatic heterocycles. The topological polar surface area (TPSA) is 114 Å². The van der Waals surface area contributed by atoms with Crippen LogP contribution in [-0.4, -0.2) is 28.5 Å². The van der Waals surface area contributed by atoms with E-state index >= 15 is 0 Å². The number of hydrogen-bond acceptors (Lipinski definition) is 6. The van der Waals surface area contributed by atoms with Crippen molar-refractivity contribution < 1.29 is 18.7 Å². The van der Waals surface area contributed by atoms with Crippen LogP contribution in [0.25, 0.3) is 10.9 Å². The van der Waals surface area contributed by atoms with E-state index in [4.69, 9.17) is 9.15 Å². The highest BCUT2D eigenvalue weighted by Crippen LogP contribution is 2.15. The molecule has 0 bridgehead atoms. The molecule has 0 saturated heterocycles. The highest BCUT2D eigenvalue weighted by Gasteiger charge is 2.16. The van der Waals surface area contributed by atoms with Gasteiger partial charge in [-0.3, -0.25) is 9.59 Å². The van der Waals surface area contributed by atoms with Crippen molar-refractivity contribution in [3.63, 3.8) is 0 Å². The maximum atomic E-state index is 12.6. The number of fused-ring (bicyclic) bond motifs is 1. The number of H-pyrrole nitrogens is 1. The average molecular weight is 417 g/mol. The lowest BCUT2D eigenvalue weighted by Gasteiger charge is -2.10. The molecule has 0 aliphatic heterocycles. The molecule has 2 heterocycles. The number of carbonyl (C=O) groups excluding carboxylic acids is 2. The maximum Gasteiger partial charge on any atom is 0.338 e. The monoisotopic (exact) mass is 417 g/mol. The summed E-state index contributed by atoms with van der Waals surface area (Å²) in [7, 11) is 0. The number of furan rings is 1. The van der Waals surface area contributed by atoms with Crippen molar-refractivity contribution in [3.05, 3.63) is 100.0 Å². The number of hydrogen-bond donors (Lipinski definition) is 2. The van der Waals surface area contributed by atoms with Crippen LogP contribution in [-0.2, 0) is 22.5 Å². The lowest BCUT2D eigenvalue weighted by Crippen LogP contribution is -2.28. The highest BCUT2D eigenvalue weighted by molar-refractivity contribution is 5.92. The quantitative estimate of drug-likeness (QED) is 0.447. The molecule has 156 valence electrons. The van der Waals surface area contributed by atoms with Crippen molar-refractivity contribution in [1.29, 1.82) is 0 Å². The number of nitrogens with zero attached hydrogens (tertiary/aromatic N) is 1. The van der Waals surface area contributed by atoms with Crippen LogP contribution in [0.1, 0.15) is 27.5 Å². The summed E-state index contributed by atoms with van der Waals surface area (Å²) in [5.41, 5.74) is 1.27. The molecule has 0 aliphatic rings. The fourth-order valence-electron chi connectivity index (χ4n) is 3.13. The number of benzene rings is 2. The highest BCUT2D eigenvalue weighted by atomic mass is 16.5. The first kappa shape index (κ1) is 20.1. The third-order valence-corrected chi connectivity index (χ3v) is 4.63. The van der Waals surface area contributed by atoms with Crippen molar-refractivity contribution in [2.24, 2.45) is 0 Å². The molecule has 0 fully saturated rings. The molecule has 0 unspecified atom stereocenters. The second-order valence-electron chi connectivity index (χ2n) is 6.80. The number of ether oxygens (including phenoxy) is 1. The van der Waals surface area contributed by atoms with Gasteiger partial charge in [0, 0.05) is 6.42 Å². The van der Waals surface area contributed by atoms with Gasteiger partial charge in [0.25, 0.3) is 11.5 Å². The van der Waals surface area contributed by atoms with Crippen LogP contribution in [0, 0.1) is 0 Å². The van der Waals surface area contributed by atoms with E-state index < -0.39 is 18.5 Å². The number of aromatic nitrogens is 2. The number of aromatic amines is 1.